The highest BCUT2D eigenvalue weighted by molar-refractivity contribution is 7.13. The molecule has 1 aromatic heterocycles. The molecule has 0 spiro atoms. The molecule has 0 radical (unpaired) electrons. The topological polar surface area (TPSA) is 42.0 Å². The van der Waals surface area contributed by atoms with Crippen LogP contribution in [0.2, 0.25) is 0 Å². The van der Waals surface area contributed by atoms with E-state index < -0.39 is 0 Å². The number of carbonyl (C=O) groups excluding carboxylic acids is 1. The van der Waals surface area contributed by atoms with Crippen LogP contribution in [0.3, 0.4) is 0 Å². The van der Waals surface area contributed by atoms with Gasteiger partial charge in [0.15, 0.2) is 0 Å². The lowest BCUT2D eigenvalue weighted by Crippen LogP contribution is -2.45. The van der Waals surface area contributed by atoms with Crippen LogP contribution in [0.5, 0.6) is 0 Å². The first-order valence-electron chi connectivity index (χ1n) is 7.91. The van der Waals surface area contributed by atoms with E-state index in [9.17, 15) is 4.79 Å². The third-order valence-corrected chi connectivity index (χ3v) is 4.62. The summed E-state index contributed by atoms with van der Waals surface area (Å²) in [5.41, 5.74) is 2.43. The monoisotopic (exact) mass is 336 g/mol. The Morgan fingerprint density at radius 2 is 1.67 bits per heavy atom. The first-order valence-corrected chi connectivity index (χ1v) is 8.79. The van der Waals surface area contributed by atoms with Gasteiger partial charge in [0.05, 0.1) is 5.69 Å². The van der Waals surface area contributed by atoms with Crippen LogP contribution in [0, 0.1) is 0 Å². The summed E-state index contributed by atoms with van der Waals surface area (Å²) in [6, 6.07) is 19.4. The lowest BCUT2D eigenvalue weighted by atomic mass is 9.98. The van der Waals surface area contributed by atoms with Gasteiger partial charge in [0.1, 0.15) is 5.01 Å². The number of carbonyl (C=O) groups is 1. The second-order valence-corrected chi connectivity index (χ2v) is 7.25. The van der Waals surface area contributed by atoms with Crippen molar-refractivity contribution in [2.24, 2.45) is 0 Å². The molecule has 3 aromatic rings. The molecule has 0 aliphatic heterocycles. The van der Waals surface area contributed by atoms with Gasteiger partial charge in [0, 0.05) is 28.5 Å². The Balaban J connectivity index is 1.69. The normalized spacial score (nSPS) is 11.2. The molecule has 2 aromatic carbocycles. The number of nitrogens with zero attached hydrogens (tertiary/aromatic N) is 1. The van der Waals surface area contributed by atoms with Crippen LogP contribution in [-0.4, -0.2) is 16.4 Å². The van der Waals surface area contributed by atoms with E-state index in [1.807, 2.05) is 62.4 Å². The Kier molecular flexibility index (Phi) is 4.76. The maximum atomic E-state index is 12.3. The van der Waals surface area contributed by atoms with Gasteiger partial charge in [-0.15, -0.1) is 11.3 Å². The average molecular weight is 336 g/mol. The van der Waals surface area contributed by atoms with Crippen LogP contribution in [0.25, 0.3) is 10.6 Å². The molecule has 0 bridgehead atoms. The molecule has 1 N–H and O–H groups in total. The molecule has 3 nitrogen and oxygen atoms in total. The van der Waals surface area contributed by atoms with E-state index in [-0.39, 0.29) is 11.4 Å². The number of hydrogen-bond donors (Lipinski definition) is 1. The average Bonchev–Trinajstić information content (AvgIpc) is 3.03. The van der Waals surface area contributed by atoms with Crippen LogP contribution in [0.15, 0.2) is 66.0 Å². The van der Waals surface area contributed by atoms with Crippen LogP contribution in [0.4, 0.5) is 0 Å². The van der Waals surface area contributed by atoms with Gasteiger partial charge in [0.25, 0.3) is 5.91 Å². The van der Waals surface area contributed by atoms with E-state index in [0.29, 0.717) is 12.0 Å². The number of amides is 1. The summed E-state index contributed by atoms with van der Waals surface area (Å²) in [6.45, 7) is 4.05. The van der Waals surface area contributed by atoms with Gasteiger partial charge in [-0.3, -0.25) is 4.79 Å². The Hall–Kier alpha value is -2.46. The Labute approximate surface area is 146 Å². The van der Waals surface area contributed by atoms with Gasteiger partial charge in [-0.05, 0) is 26.0 Å². The Morgan fingerprint density at radius 1 is 1.04 bits per heavy atom. The van der Waals surface area contributed by atoms with Crippen molar-refractivity contribution in [2.75, 3.05) is 0 Å². The smallest absolute Gasteiger partial charge is 0.251 e. The molecule has 1 heterocycles. The molecule has 0 fully saturated rings. The quantitative estimate of drug-likeness (QED) is 0.742. The van der Waals surface area contributed by atoms with Crippen molar-refractivity contribution in [1.29, 1.82) is 0 Å². The van der Waals surface area contributed by atoms with Gasteiger partial charge in [0.2, 0.25) is 0 Å². The molecule has 0 atom stereocenters. The zero-order chi connectivity index (χ0) is 17.0. The van der Waals surface area contributed by atoms with Crippen molar-refractivity contribution >= 4 is 17.2 Å². The molecule has 0 unspecified atom stereocenters. The molecule has 122 valence electrons. The molecular weight excluding hydrogens is 316 g/mol. The predicted octanol–water partition coefficient (Wildman–Crippen LogP) is 4.56. The van der Waals surface area contributed by atoms with Gasteiger partial charge >= 0.3 is 0 Å². The third-order valence-electron chi connectivity index (χ3n) is 3.68. The van der Waals surface area contributed by atoms with Gasteiger partial charge in [-0.25, -0.2) is 4.98 Å². The van der Waals surface area contributed by atoms with E-state index in [4.69, 9.17) is 4.98 Å². The fraction of sp³-hybridized carbons (Fsp3) is 0.200. The summed E-state index contributed by atoms with van der Waals surface area (Å²) < 4.78 is 0. The Bertz CT molecular complexity index is 810. The van der Waals surface area contributed by atoms with Crippen LogP contribution in [0.1, 0.15) is 29.9 Å². The molecule has 1 amide bonds. The Morgan fingerprint density at radius 3 is 2.33 bits per heavy atom. The number of thiazole rings is 1. The minimum Gasteiger partial charge on any atom is -0.347 e. The fourth-order valence-electron chi connectivity index (χ4n) is 2.57. The van der Waals surface area contributed by atoms with Crippen molar-refractivity contribution in [2.45, 2.75) is 25.8 Å². The summed E-state index contributed by atoms with van der Waals surface area (Å²) in [7, 11) is 0. The van der Waals surface area contributed by atoms with Crippen molar-refractivity contribution in [1.82, 2.24) is 10.3 Å². The lowest BCUT2D eigenvalue weighted by Gasteiger charge is -2.25. The third kappa shape index (κ3) is 4.09. The second kappa shape index (κ2) is 6.97. The molecule has 0 saturated heterocycles. The van der Waals surface area contributed by atoms with Crippen LogP contribution in [-0.2, 0) is 6.42 Å². The molecule has 24 heavy (non-hydrogen) atoms. The number of benzene rings is 2. The highest BCUT2D eigenvalue weighted by Crippen LogP contribution is 2.25. The fourth-order valence-corrected chi connectivity index (χ4v) is 3.39. The summed E-state index contributed by atoms with van der Waals surface area (Å²) in [4.78, 5) is 17.1. The second-order valence-electron chi connectivity index (χ2n) is 6.39. The SMILES string of the molecule is CC(C)(Cc1csc(-c2ccccc2)n1)NC(=O)c1ccccc1. The van der Waals surface area contributed by atoms with Crippen molar-refractivity contribution in [3.8, 4) is 10.6 Å². The highest BCUT2D eigenvalue weighted by atomic mass is 32.1. The minimum absolute atomic E-state index is 0.0564. The number of aromatic nitrogens is 1. The van der Waals surface area contributed by atoms with Crippen LogP contribution >= 0.6 is 11.3 Å². The molecule has 3 rings (SSSR count). The minimum atomic E-state index is -0.366. The highest BCUT2D eigenvalue weighted by Gasteiger charge is 2.23. The lowest BCUT2D eigenvalue weighted by molar-refractivity contribution is 0.0913. The predicted molar refractivity (Wildman–Crippen MR) is 99.2 cm³/mol. The van der Waals surface area contributed by atoms with Gasteiger partial charge < -0.3 is 5.32 Å². The number of nitrogens with one attached hydrogen (secondary N) is 1. The molecule has 0 saturated carbocycles. The van der Waals surface area contributed by atoms with Gasteiger partial charge in [-0.2, -0.15) is 0 Å². The summed E-state index contributed by atoms with van der Waals surface area (Å²) >= 11 is 1.63. The summed E-state index contributed by atoms with van der Waals surface area (Å²) in [6.07, 6.45) is 0.689. The number of hydrogen-bond acceptors (Lipinski definition) is 3. The largest absolute Gasteiger partial charge is 0.347 e. The van der Waals surface area contributed by atoms with Crippen molar-refractivity contribution in [3.63, 3.8) is 0 Å². The standard InChI is InChI=1S/C20H20N2OS/c1-20(2,22-18(23)15-9-5-3-6-10-15)13-17-14-24-19(21-17)16-11-7-4-8-12-16/h3-12,14H,13H2,1-2H3,(H,22,23). The van der Waals surface area contributed by atoms with Crippen molar-refractivity contribution < 1.29 is 4.79 Å². The summed E-state index contributed by atoms with van der Waals surface area (Å²) in [5.74, 6) is -0.0564. The molecular formula is C20H20N2OS. The summed E-state index contributed by atoms with van der Waals surface area (Å²) in [5, 5.41) is 6.17. The number of rotatable bonds is 5. The zero-order valence-electron chi connectivity index (χ0n) is 13.8. The maximum absolute atomic E-state index is 12.3. The first kappa shape index (κ1) is 16.4. The van der Waals surface area contributed by atoms with E-state index in [1.165, 1.54) is 0 Å². The first-order chi connectivity index (χ1) is 11.5. The van der Waals surface area contributed by atoms with Crippen molar-refractivity contribution in [3.05, 3.63) is 77.3 Å². The molecule has 0 aliphatic rings. The van der Waals surface area contributed by atoms with E-state index in [0.717, 1.165) is 16.3 Å². The zero-order valence-corrected chi connectivity index (χ0v) is 14.6. The van der Waals surface area contributed by atoms with E-state index >= 15 is 0 Å². The maximum Gasteiger partial charge on any atom is 0.251 e. The van der Waals surface area contributed by atoms with E-state index in [2.05, 4.69) is 22.8 Å². The molecule has 4 heteroatoms. The van der Waals surface area contributed by atoms with E-state index in [1.54, 1.807) is 11.3 Å². The van der Waals surface area contributed by atoms with Crippen LogP contribution < -0.4 is 5.32 Å². The van der Waals surface area contributed by atoms with Gasteiger partial charge in [-0.1, -0.05) is 48.5 Å². The molecule has 0 aliphatic carbocycles.